The standard InChI is InChI=1S/C17H20N2OS/c1-19(11-14-7-10-21-12-14)16(20)18-13-17(8-9-17)15-5-3-2-4-6-15/h2-7,10,12H,8-9,11,13H2,1H3,(H,18,20). The van der Waals surface area contributed by atoms with Gasteiger partial charge in [0.05, 0.1) is 0 Å². The molecule has 2 aromatic rings. The Kier molecular flexibility index (Phi) is 3.97. The monoisotopic (exact) mass is 300 g/mol. The van der Waals surface area contributed by atoms with Gasteiger partial charge in [-0.25, -0.2) is 4.79 Å². The Hall–Kier alpha value is -1.81. The molecule has 110 valence electrons. The van der Waals surface area contributed by atoms with E-state index in [1.807, 2.05) is 18.5 Å². The van der Waals surface area contributed by atoms with Crippen LogP contribution in [0, 0.1) is 0 Å². The van der Waals surface area contributed by atoms with Gasteiger partial charge in [0.1, 0.15) is 0 Å². The average Bonchev–Trinajstić information content (AvgIpc) is 3.15. The summed E-state index contributed by atoms with van der Waals surface area (Å²) < 4.78 is 0. The van der Waals surface area contributed by atoms with Crippen molar-refractivity contribution < 1.29 is 4.79 Å². The van der Waals surface area contributed by atoms with Crippen LogP contribution >= 0.6 is 11.3 Å². The first-order valence-corrected chi connectivity index (χ1v) is 8.19. The molecule has 1 heterocycles. The molecule has 1 aliphatic rings. The quantitative estimate of drug-likeness (QED) is 0.898. The first kappa shape index (κ1) is 14.1. The summed E-state index contributed by atoms with van der Waals surface area (Å²) in [6.07, 6.45) is 2.32. The molecule has 2 amide bonds. The predicted octanol–water partition coefficient (Wildman–Crippen LogP) is 3.62. The molecule has 1 N–H and O–H groups in total. The molecule has 1 aliphatic carbocycles. The van der Waals surface area contributed by atoms with Crippen molar-refractivity contribution in [3.05, 3.63) is 58.3 Å². The third-order valence-electron chi connectivity index (χ3n) is 4.16. The fourth-order valence-electron chi connectivity index (χ4n) is 2.62. The van der Waals surface area contributed by atoms with Gasteiger partial charge < -0.3 is 10.2 Å². The number of thiophene rings is 1. The highest BCUT2D eigenvalue weighted by Crippen LogP contribution is 2.47. The number of hydrogen-bond acceptors (Lipinski definition) is 2. The smallest absolute Gasteiger partial charge is 0.317 e. The van der Waals surface area contributed by atoms with E-state index in [0.717, 1.165) is 19.4 Å². The molecule has 4 heteroatoms. The lowest BCUT2D eigenvalue weighted by Gasteiger charge is -2.21. The third-order valence-corrected chi connectivity index (χ3v) is 4.90. The van der Waals surface area contributed by atoms with Crippen LogP contribution in [-0.4, -0.2) is 24.5 Å². The van der Waals surface area contributed by atoms with Crippen molar-refractivity contribution in [3.63, 3.8) is 0 Å². The van der Waals surface area contributed by atoms with Crippen LogP contribution in [0.5, 0.6) is 0 Å². The summed E-state index contributed by atoms with van der Waals surface area (Å²) in [5.74, 6) is 0. The summed E-state index contributed by atoms with van der Waals surface area (Å²) >= 11 is 1.66. The second kappa shape index (κ2) is 5.90. The molecule has 21 heavy (non-hydrogen) atoms. The van der Waals surface area contributed by atoms with E-state index in [0.29, 0.717) is 6.54 Å². The Labute approximate surface area is 129 Å². The normalized spacial score (nSPS) is 15.5. The lowest BCUT2D eigenvalue weighted by molar-refractivity contribution is 0.206. The SMILES string of the molecule is CN(Cc1ccsc1)C(=O)NCC1(c2ccccc2)CC1. The van der Waals surface area contributed by atoms with Crippen LogP contribution < -0.4 is 5.32 Å². The van der Waals surface area contributed by atoms with Crippen molar-refractivity contribution in [2.75, 3.05) is 13.6 Å². The molecule has 0 spiro atoms. The van der Waals surface area contributed by atoms with E-state index in [1.165, 1.54) is 11.1 Å². The number of hydrogen-bond donors (Lipinski definition) is 1. The maximum Gasteiger partial charge on any atom is 0.317 e. The molecule has 0 atom stereocenters. The molecule has 0 aliphatic heterocycles. The minimum Gasteiger partial charge on any atom is -0.337 e. The predicted molar refractivity (Wildman–Crippen MR) is 86.5 cm³/mol. The number of carbonyl (C=O) groups excluding carboxylic acids is 1. The van der Waals surface area contributed by atoms with Crippen LogP contribution in [-0.2, 0) is 12.0 Å². The number of nitrogens with zero attached hydrogens (tertiary/aromatic N) is 1. The fourth-order valence-corrected chi connectivity index (χ4v) is 3.28. The summed E-state index contributed by atoms with van der Waals surface area (Å²) in [4.78, 5) is 13.9. The van der Waals surface area contributed by atoms with Gasteiger partial charge in [0.2, 0.25) is 0 Å². The fraction of sp³-hybridized carbons (Fsp3) is 0.353. The number of urea groups is 1. The van der Waals surface area contributed by atoms with Crippen LogP contribution in [0.3, 0.4) is 0 Å². The number of rotatable bonds is 5. The molecule has 0 unspecified atom stereocenters. The van der Waals surface area contributed by atoms with Gasteiger partial charge in [0, 0.05) is 25.6 Å². The minimum absolute atomic E-state index is 0.00315. The van der Waals surface area contributed by atoms with Gasteiger partial charge >= 0.3 is 6.03 Å². The van der Waals surface area contributed by atoms with E-state index in [9.17, 15) is 4.79 Å². The zero-order valence-corrected chi connectivity index (χ0v) is 13.0. The first-order valence-electron chi connectivity index (χ1n) is 7.25. The molecule has 1 saturated carbocycles. The van der Waals surface area contributed by atoms with Crippen molar-refractivity contribution >= 4 is 17.4 Å². The zero-order valence-electron chi connectivity index (χ0n) is 12.2. The second-order valence-electron chi connectivity index (χ2n) is 5.79. The molecule has 3 nitrogen and oxygen atoms in total. The maximum absolute atomic E-state index is 12.2. The second-order valence-corrected chi connectivity index (χ2v) is 6.57. The first-order chi connectivity index (χ1) is 10.2. The number of nitrogens with one attached hydrogen (secondary N) is 1. The van der Waals surface area contributed by atoms with Gasteiger partial charge in [-0.2, -0.15) is 11.3 Å². The molecule has 3 rings (SSSR count). The van der Waals surface area contributed by atoms with Crippen LogP contribution in [0.15, 0.2) is 47.2 Å². The molecular formula is C17H20N2OS. The highest BCUT2D eigenvalue weighted by molar-refractivity contribution is 7.07. The molecular weight excluding hydrogens is 280 g/mol. The van der Waals surface area contributed by atoms with Crippen LogP contribution in [0.25, 0.3) is 0 Å². The van der Waals surface area contributed by atoms with E-state index < -0.39 is 0 Å². The Morgan fingerprint density at radius 1 is 1.29 bits per heavy atom. The molecule has 1 aromatic heterocycles. The maximum atomic E-state index is 12.2. The molecule has 0 saturated heterocycles. The zero-order chi connectivity index (χ0) is 14.7. The van der Waals surface area contributed by atoms with E-state index >= 15 is 0 Å². The van der Waals surface area contributed by atoms with Crippen molar-refractivity contribution in [2.24, 2.45) is 0 Å². The topological polar surface area (TPSA) is 32.3 Å². The van der Waals surface area contributed by atoms with E-state index in [2.05, 4.69) is 41.0 Å². The van der Waals surface area contributed by atoms with Gasteiger partial charge in [-0.05, 0) is 40.8 Å². The number of amides is 2. The van der Waals surface area contributed by atoms with Crippen LogP contribution in [0.1, 0.15) is 24.0 Å². The van der Waals surface area contributed by atoms with Crippen LogP contribution in [0.4, 0.5) is 4.79 Å². The summed E-state index contributed by atoms with van der Waals surface area (Å²) in [5.41, 5.74) is 2.69. The summed E-state index contributed by atoms with van der Waals surface area (Å²) in [5, 5.41) is 7.20. The van der Waals surface area contributed by atoms with Crippen molar-refractivity contribution in [1.29, 1.82) is 0 Å². The Bertz CT molecular complexity index is 591. The molecule has 0 radical (unpaired) electrons. The number of carbonyl (C=O) groups is 1. The Morgan fingerprint density at radius 2 is 2.05 bits per heavy atom. The molecule has 1 fully saturated rings. The summed E-state index contributed by atoms with van der Waals surface area (Å²) in [7, 11) is 1.84. The molecule has 1 aromatic carbocycles. The highest BCUT2D eigenvalue weighted by Gasteiger charge is 2.44. The van der Waals surface area contributed by atoms with E-state index in [4.69, 9.17) is 0 Å². The Balaban J connectivity index is 1.54. The van der Waals surface area contributed by atoms with Gasteiger partial charge in [0.15, 0.2) is 0 Å². The molecule has 0 bridgehead atoms. The van der Waals surface area contributed by atoms with Gasteiger partial charge in [-0.15, -0.1) is 0 Å². The van der Waals surface area contributed by atoms with Crippen molar-refractivity contribution in [2.45, 2.75) is 24.8 Å². The average molecular weight is 300 g/mol. The van der Waals surface area contributed by atoms with E-state index in [1.54, 1.807) is 16.2 Å². The summed E-state index contributed by atoms with van der Waals surface area (Å²) in [6.45, 7) is 1.39. The van der Waals surface area contributed by atoms with Crippen molar-refractivity contribution in [3.8, 4) is 0 Å². The Morgan fingerprint density at radius 3 is 2.67 bits per heavy atom. The largest absolute Gasteiger partial charge is 0.337 e. The number of benzene rings is 1. The lowest BCUT2D eigenvalue weighted by atomic mass is 9.96. The van der Waals surface area contributed by atoms with Crippen molar-refractivity contribution in [1.82, 2.24) is 10.2 Å². The highest BCUT2D eigenvalue weighted by atomic mass is 32.1. The summed E-state index contributed by atoms with van der Waals surface area (Å²) in [6, 6.07) is 12.6. The van der Waals surface area contributed by atoms with Gasteiger partial charge in [-0.3, -0.25) is 0 Å². The van der Waals surface area contributed by atoms with Gasteiger partial charge in [-0.1, -0.05) is 30.3 Å². The van der Waals surface area contributed by atoms with Crippen LogP contribution in [0.2, 0.25) is 0 Å². The third kappa shape index (κ3) is 3.27. The lowest BCUT2D eigenvalue weighted by Crippen LogP contribution is -2.40. The van der Waals surface area contributed by atoms with Gasteiger partial charge in [0.25, 0.3) is 0 Å². The minimum atomic E-state index is 0.00315. The van der Waals surface area contributed by atoms with E-state index in [-0.39, 0.29) is 11.4 Å².